The quantitative estimate of drug-likeness (QED) is 0.623. The first-order valence-electron chi connectivity index (χ1n) is 5.59. The van der Waals surface area contributed by atoms with Crippen LogP contribution in [0.25, 0.3) is 20.5 Å². The molecular formula is C15H13NS. The van der Waals surface area contributed by atoms with Crippen LogP contribution in [0.1, 0.15) is 5.56 Å². The molecule has 0 aliphatic rings. The predicted octanol–water partition coefficient (Wildman–Crippen LogP) is 4.46. The highest BCUT2D eigenvalue weighted by molar-refractivity contribution is 7.22. The number of fused-ring (bicyclic) bond motifs is 1. The fraction of sp³-hybridized carbons (Fsp3) is 0.0667. The number of rotatable bonds is 1. The van der Waals surface area contributed by atoms with E-state index in [-0.39, 0.29) is 0 Å². The van der Waals surface area contributed by atoms with E-state index in [2.05, 4.69) is 43.3 Å². The van der Waals surface area contributed by atoms with Crippen LogP contribution in [0.5, 0.6) is 0 Å². The Morgan fingerprint density at radius 1 is 1.00 bits per heavy atom. The van der Waals surface area contributed by atoms with Gasteiger partial charge in [0.25, 0.3) is 0 Å². The van der Waals surface area contributed by atoms with Crippen LogP contribution in [-0.2, 0) is 0 Å². The second-order valence-corrected chi connectivity index (χ2v) is 5.31. The summed E-state index contributed by atoms with van der Waals surface area (Å²) in [6.07, 6.45) is 0. The molecule has 1 heterocycles. The van der Waals surface area contributed by atoms with Crippen molar-refractivity contribution in [2.75, 3.05) is 5.73 Å². The summed E-state index contributed by atoms with van der Waals surface area (Å²) in [5, 5.41) is 1.23. The molecule has 3 rings (SSSR count). The van der Waals surface area contributed by atoms with Gasteiger partial charge < -0.3 is 5.73 Å². The van der Waals surface area contributed by atoms with Crippen LogP contribution in [0.15, 0.2) is 48.5 Å². The van der Waals surface area contributed by atoms with Crippen molar-refractivity contribution in [1.29, 1.82) is 0 Å². The molecule has 0 atom stereocenters. The van der Waals surface area contributed by atoms with Crippen molar-refractivity contribution in [3.8, 4) is 10.4 Å². The van der Waals surface area contributed by atoms with Gasteiger partial charge in [0.05, 0.1) is 0 Å². The monoisotopic (exact) mass is 239 g/mol. The molecule has 3 aromatic rings. The number of hydrogen-bond acceptors (Lipinski definition) is 2. The normalized spacial score (nSPS) is 10.9. The third kappa shape index (κ3) is 1.81. The van der Waals surface area contributed by atoms with Crippen molar-refractivity contribution in [2.24, 2.45) is 0 Å². The SMILES string of the molecule is Cc1ccccc1-c1cc2cc(N)ccc2s1. The van der Waals surface area contributed by atoms with E-state index in [4.69, 9.17) is 5.73 Å². The van der Waals surface area contributed by atoms with E-state index in [0.29, 0.717) is 0 Å². The largest absolute Gasteiger partial charge is 0.399 e. The van der Waals surface area contributed by atoms with Crippen molar-refractivity contribution < 1.29 is 0 Å². The first kappa shape index (κ1) is 10.4. The third-order valence-corrected chi connectivity index (χ3v) is 4.10. The Balaban J connectivity index is 2.22. The Labute approximate surface area is 105 Å². The minimum absolute atomic E-state index is 0.826. The van der Waals surface area contributed by atoms with Gasteiger partial charge in [-0.3, -0.25) is 0 Å². The van der Waals surface area contributed by atoms with Gasteiger partial charge >= 0.3 is 0 Å². The molecule has 0 radical (unpaired) electrons. The fourth-order valence-electron chi connectivity index (χ4n) is 2.04. The van der Waals surface area contributed by atoms with Crippen molar-refractivity contribution in [3.05, 3.63) is 54.1 Å². The number of thiophene rings is 1. The first-order valence-corrected chi connectivity index (χ1v) is 6.41. The summed E-state index contributed by atoms with van der Waals surface area (Å²) in [4.78, 5) is 1.31. The van der Waals surface area contributed by atoms with Gasteiger partial charge in [0.1, 0.15) is 0 Å². The highest BCUT2D eigenvalue weighted by Gasteiger charge is 2.06. The molecule has 0 unspecified atom stereocenters. The molecule has 1 nitrogen and oxygen atoms in total. The molecule has 0 aliphatic heterocycles. The maximum Gasteiger partial charge on any atom is 0.0357 e. The van der Waals surface area contributed by atoms with Crippen LogP contribution in [0, 0.1) is 6.92 Å². The van der Waals surface area contributed by atoms with Crippen LogP contribution in [0.4, 0.5) is 5.69 Å². The number of nitrogens with two attached hydrogens (primary N) is 1. The topological polar surface area (TPSA) is 26.0 Å². The molecule has 0 saturated heterocycles. The number of hydrogen-bond donors (Lipinski definition) is 1. The Morgan fingerprint density at radius 2 is 1.82 bits per heavy atom. The third-order valence-electron chi connectivity index (χ3n) is 2.95. The molecule has 17 heavy (non-hydrogen) atoms. The maximum atomic E-state index is 5.81. The Hall–Kier alpha value is -1.80. The maximum absolute atomic E-state index is 5.81. The number of benzene rings is 2. The van der Waals surface area contributed by atoms with Crippen molar-refractivity contribution in [2.45, 2.75) is 6.92 Å². The molecule has 0 amide bonds. The lowest BCUT2D eigenvalue weighted by Gasteiger charge is -2.00. The zero-order valence-electron chi connectivity index (χ0n) is 9.60. The molecule has 0 fully saturated rings. The predicted molar refractivity (Wildman–Crippen MR) is 76.4 cm³/mol. The highest BCUT2D eigenvalue weighted by atomic mass is 32.1. The van der Waals surface area contributed by atoms with E-state index in [9.17, 15) is 0 Å². The van der Waals surface area contributed by atoms with E-state index in [1.54, 1.807) is 0 Å². The minimum atomic E-state index is 0.826. The summed E-state index contributed by atoms with van der Waals surface area (Å²) in [6, 6.07) is 16.8. The second-order valence-electron chi connectivity index (χ2n) is 4.22. The Morgan fingerprint density at radius 3 is 2.65 bits per heavy atom. The molecule has 0 spiro atoms. The summed E-state index contributed by atoms with van der Waals surface area (Å²) in [5.41, 5.74) is 9.26. The molecule has 0 bridgehead atoms. The molecule has 0 aliphatic carbocycles. The average molecular weight is 239 g/mol. The van der Waals surface area contributed by atoms with Crippen LogP contribution < -0.4 is 5.73 Å². The smallest absolute Gasteiger partial charge is 0.0357 e. The van der Waals surface area contributed by atoms with Gasteiger partial charge in [-0.15, -0.1) is 11.3 Å². The van der Waals surface area contributed by atoms with Crippen molar-refractivity contribution in [1.82, 2.24) is 0 Å². The van der Waals surface area contributed by atoms with Crippen LogP contribution in [-0.4, -0.2) is 0 Å². The standard InChI is InChI=1S/C15H13NS/c1-10-4-2-3-5-13(10)15-9-11-8-12(16)6-7-14(11)17-15/h2-9H,16H2,1H3. The van der Waals surface area contributed by atoms with E-state index in [1.807, 2.05) is 23.5 Å². The number of aryl methyl sites for hydroxylation is 1. The molecular weight excluding hydrogens is 226 g/mol. The summed E-state index contributed by atoms with van der Waals surface area (Å²) in [6.45, 7) is 2.15. The Kier molecular flexibility index (Phi) is 2.37. The van der Waals surface area contributed by atoms with Gasteiger partial charge in [0.15, 0.2) is 0 Å². The van der Waals surface area contributed by atoms with Crippen LogP contribution in [0.2, 0.25) is 0 Å². The second kappa shape index (κ2) is 3.90. The zero-order chi connectivity index (χ0) is 11.8. The zero-order valence-corrected chi connectivity index (χ0v) is 10.4. The van der Waals surface area contributed by atoms with Gasteiger partial charge in [0.2, 0.25) is 0 Å². The lowest BCUT2D eigenvalue weighted by molar-refractivity contribution is 1.48. The summed E-state index contributed by atoms with van der Waals surface area (Å²) in [5.74, 6) is 0. The van der Waals surface area contributed by atoms with Crippen LogP contribution in [0.3, 0.4) is 0 Å². The lowest BCUT2D eigenvalue weighted by atomic mass is 10.1. The van der Waals surface area contributed by atoms with E-state index in [1.165, 1.54) is 26.1 Å². The van der Waals surface area contributed by atoms with E-state index >= 15 is 0 Å². The van der Waals surface area contributed by atoms with Crippen molar-refractivity contribution >= 4 is 27.1 Å². The molecule has 2 N–H and O–H groups in total. The van der Waals surface area contributed by atoms with E-state index < -0.39 is 0 Å². The number of anilines is 1. The summed E-state index contributed by atoms with van der Waals surface area (Å²) in [7, 11) is 0. The lowest BCUT2D eigenvalue weighted by Crippen LogP contribution is -1.80. The molecule has 84 valence electrons. The summed E-state index contributed by atoms with van der Waals surface area (Å²) < 4.78 is 1.29. The van der Waals surface area contributed by atoms with Gasteiger partial charge in [-0.2, -0.15) is 0 Å². The van der Waals surface area contributed by atoms with Gasteiger partial charge in [-0.1, -0.05) is 24.3 Å². The highest BCUT2D eigenvalue weighted by Crippen LogP contribution is 2.35. The first-order chi connectivity index (χ1) is 8.24. The van der Waals surface area contributed by atoms with Gasteiger partial charge in [0, 0.05) is 15.3 Å². The average Bonchev–Trinajstić information content (AvgIpc) is 2.72. The van der Waals surface area contributed by atoms with Gasteiger partial charge in [-0.05, 0) is 47.7 Å². The number of nitrogen functional groups attached to an aromatic ring is 1. The molecule has 0 saturated carbocycles. The summed E-state index contributed by atoms with van der Waals surface area (Å²) >= 11 is 1.82. The van der Waals surface area contributed by atoms with Crippen molar-refractivity contribution in [3.63, 3.8) is 0 Å². The molecule has 1 aromatic heterocycles. The minimum Gasteiger partial charge on any atom is -0.399 e. The van der Waals surface area contributed by atoms with E-state index in [0.717, 1.165) is 5.69 Å². The molecule has 2 aromatic carbocycles. The fourth-order valence-corrected chi connectivity index (χ4v) is 3.18. The Bertz CT molecular complexity index is 682. The van der Waals surface area contributed by atoms with Crippen LogP contribution >= 0.6 is 11.3 Å². The molecule has 2 heteroatoms. The van der Waals surface area contributed by atoms with Gasteiger partial charge in [-0.25, -0.2) is 0 Å².